The highest BCUT2D eigenvalue weighted by atomic mass is 35.5. The molecule has 106 valence electrons. The van der Waals surface area contributed by atoms with Crippen LogP contribution in [0.25, 0.3) is 10.9 Å². The Hall–Kier alpha value is -1.86. The van der Waals surface area contributed by atoms with Crippen LogP contribution in [-0.4, -0.2) is 4.98 Å². The molecule has 1 aliphatic carbocycles. The van der Waals surface area contributed by atoms with Gasteiger partial charge in [-0.2, -0.15) is 0 Å². The van der Waals surface area contributed by atoms with E-state index >= 15 is 0 Å². The van der Waals surface area contributed by atoms with Gasteiger partial charge in [0, 0.05) is 11.1 Å². The summed E-state index contributed by atoms with van der Waals surface area (Å²) in [6.07, 6.45) is 4.66. The fraction of sp³-hybridized carbons (Fsp3) is 0.211. The zero-order valence-electron chi connectivity index (χ0n) is 11.9. The van der Waals surface area contributed by atoms with Crippen molar-refractivity contribution in [1.29, 1.82) is 0 Å². The maximum Gasteiger partial charge on any atom is 0.0720 e. The van der Waals surface area contributed by atoms with E-state index in [4.69, 9.17) is 16.6 Å². The van der Waals surface area contributed by atoms with Gasteiger partial charge in [-0.3, -0.25) is 4.98 Å². The smallest absolute Gasteiger partial charge is 0.0720 e. The Morgan fingerprint density at radius 3 is 2.10 bits per heavy atom. The van der Waals surface area contributed by atoms with Crippen LogP contribution < -0.4 is 0 Å². The van der Waals surface area contributed by atoms with Gasteiger partial charge in [-0.25, -0.2) is 0 Å². The second-order valence-electron chi connectivity index (χ2n) is 5.23. The summed E-state index contributed by atoms with van der Waals surface area (Å²) in [5, 5.41) is 2.02. The topological polar surface area (TPSA) is 12.9 Å². The first-order valence-corrected chi connectivity index (χ1v) is 7.80. The molecular weight excluding hydrogens is 278 g/mol. The van der Waals surface area contributed by atoms with Crippen molar-refractivity contribution in [2.45, 2.75) is 25.7 Å². The highest BCUT2D eigenvalue weighted by molar-refractivity contribution is 6.36. The summed E-state index contributed by atoms with van der Waals surface area (Å²) < 4.78 is 0. The number of para-hydroxylation sites is 1. The zero-order chi connectivity index (χ0) is 14.5. The number of halogens is 1. The molecule has 0 atom stereocenters. The summed E-state index contributed by atoms with van der Waals surface area (Å²) >= 11 is 6.42. The molecule has 1 aromatic heterocycles. The van der Waals surface area contributed by atoms with Crippen molar-refractivity contribution < 1.29 is 0 Å². The fourth-order valence-corrected chi connectivity index (χ4v) is 3.06. The van der Waals surface area contributed by atoms with Crippen LogP contribution in [0.5, 0.6) is 0 Å². The summed E-state index contributed by atoms with van der Waals surface area (Å²) in [5.41, 5.74) is 3.52. The molecular formula is C19H18ClN. The lowest BCUT2D eigenvalue weighted by molar-refractivity contribution is 0.671. The Bertz CT molecular complexity index is 696. The summed E-state index contributed by atoms with van der Waals surface area (Å²) in [6, 6.07) is 20.1. The second-order valence-corrected chi connectivity index (χ2v) is 5.61. The molecule has 4 rings (SSSR count). The Morgan fingerprint density at radius 2 is 1.38 bits per heavy atom. The summed E-state index contributed by atoms with van der Waals surface area (Å²) in [4.78, 5) is 4.69. The predicted octanol–water partition coefficient (Wildman–Crippen LogP) is 5.45. The van der Waals surface area contributed by atoms with Crippen LogP contribution in [0.1, 0.15) is 24.1 Å². The Labute approximate surface area is 130 Å². The van der Waals surface area contributed by atoms with Gasteiger partial charge in [-0.15, -0.1) is 0 Å². The quantitative estimate of drug-likeness (QED) is 0.537. The van der Waals surface area contributed by atoms with Gasteiger partial charge in [0.05, 0.1) is 10.5 Å². The van der Waals surface area contributed by atoms with Gasteiger partial charge >= 0.3 is 0 Å². The van der Waals surface area contributed by atoms with E-state index < -0.39 is 0 Å². The molecule has 0 aliphatic heterocycles. The van der Waals surface area contributed by atoms with Gasteiger partial charge in [-0.05, 0) is 37.3 Å². The Balaban J connectivity index is 0.000000186. The second kappa shape index (κ2) is 6.73. The van der Waals surface area contributed by atoms with Gasteiger partial charge in [0.1, 0.15) is 0 Å². The number of aromatic nitrogens is 1. The minimum atomic E-state index is 0.926. The van der Waals surface area contributed by atoms with E-state index in [1.807, 2.05) is 54.6 Å². The molecule has 2 heteroatoms. The number of pyridine rings is 1. The molecule has 2 aromatic carbocycles. The summed E-state index contributed by atoms with van der Waals surface area (Å²) in [7, 11) is 0. The van der Waals surface area contributed by atoms with Crippen LogP contribution >= 0.6 is 11.6 Å². The number of nitrogens with zero attached hydrogens (tertiary/aromatic N) is 1. The molecule has 1 heterocycles. The van der Waals surface area contributed by atoms with E-state index in [2.05, 4.69) is 6.07 Å². The summed E-state index contributed by atoms with van der Waals surface area (Å²) in [6.45, 7) is 0. The van der Waals surface area contributed by atoms with E-state index in [1.165, 1.54) is 24.1 Å². The third-order valence-electron chi connectivity index (χ3n) is 3.77. The van der Waals surface area contributed by atoms with Gasteiger partial charge in [0.25, 0.3) is 0 Å². The molecule has 0 bridgehead atoms. The lowest BCUT2D eigenvalue weighted by Gasteiger charge is -2.17. The van der Waals surface area contributed by atoms with Crippen molar-refractivity contribution in [3.05, 3.63) is 76.9 Å². The molecule has 0 amide bonds. The van der Waals surface area contributed by atoms with E-state index in [1.54, 1.807) is 0 Å². The average Bonchev–Trinajstić information content (AvgIpc) is 2.57. The number of benzene rings is 2. The third-order valence-corrected chi connectivity index (χ3v) is 4.20. The normalized spacial score (nSPS) is 13.2. The Kier molecular flexibility index (Phi) is 4.52. The molecule has 0 spiro atoms. The minimum Gasteiger partial charge on any atom is -0.252 e. The maximum absolute atomic E-state index is 6.42. The van der Waals surface area contributed by atoms with Crippen LogP contribution in [-0.2, 0) is 12.8 Å². The monoisotopic (exact) mass is 295 g/mol. The van der Waals surface area contributed by atoms with Crippen LogP contribution in [0.2, 0.25) is 5.02 Å². The van der Waals surface area contributed by atoms with Crippen molar-refractivity contribution in [3.8, 4) is 0 Å². The minimum absolute atomic E-state index is 0.926. The highest BCUT2D eigenvalue weighted by Crippen LogP contribution is 2.32. The first-order chi connectivity index (χ1) is 10.4. The molecule has 0 N–H and O–H groups in total. The first-order valence-electron chi connectivity index (χ1n) is 7.42. The molecule has 3 aromatic rings. The fourth-order valence-electron chi connectivity index (χ4n) is 2.70. The number of aryl methyl sites for hydroxylation is 1. The van der Waals surface area contributed by atoms with Crippen LogP contribution in [0.4, 0.5) is 0 Å². The number of hydrogen-bond acceptors (Lipinski definition) is 1. The SMILES string of the molecule is Clc1c2c(nc3ccccc13)CCCC2.c1ccccc1. The van der Waals surface area contributed by atoms with Crippen molar-refractivity contribution in [2.75, 3.05) is 0 Å². The summed E-state index contributed by atoms with van der Waals surface area (Å²) in [5.74, 6) is 0. The van der Waals surface area contributed by atoms with Crippen LogP contribution in [0.3, 0.4) is 0 Å². The van der Waals surface area contributed by atoms with Crippen LogP contribution in [0, 0.1) is 0 Å². The van der Waals surface area contributed by atoms with Gasteiger partial charge in [-0.1, -0.05) is 66.2 Å². The predicted molar refractivity (Wildman–Crippen MR) is 89.8 cm³/mol. The molecule has 0 fully saturated rings. The van der Waals surface area contributed by atoms with Crippen molar-refractivity contribution in [1.82, 2.24) is 4.98 Å². The number of fused-ring (bicyclic) bond motifs is 2. The molecule has 0 radical (unpaired) electrons. The van der Waals surface area contributed by atoms with E-state index in [-0.39, 0.29) is 0 Å². The number of hydrogen-bond donors (Lipinski definition) is 0. The van der Waals surface area contributed by atoms with Crippen molar-refractivity contribution in [2.24, 2.45) is 0 Å². The third kappa shape index (κ3) is 3.25. The molecule has 0 saturated heterocycles. The van der Waals surface area contributed by atoms with Gasteiger partial charge < -0.3 is 0 Å². The van der Waals surface area contributed by atoms with E-state index in [9.17, 15) is 0 Å². The highest BCUT2D eigenvalue weighted by Gasteiger charge is 2.16. The Morgan fingerprint density at radius 1 is 0.762 bits per heavy atom. The molecule has 21 heavy (non-hydrogen) atoms. The van der Waals surface area contributed by atoms with Crippen molar-refractivity contribution >= 4 is 22.5 Å². The molecule has 0 unspecified atom stereocenters. The lowest BCUT2D eigenvalue weighted by Crippen LogP contribution is -2.06. The van der Waals surface area contributed by atoms with Crippen LogP contribution in [0.15, 0.2) is 60.7 Å². The van der Waals surface area contributed by atoms with Gasteiger partial charge in [0.2, 0.25) is 0 Å². The number of rotatable bonds is 0. The standard InChI is InChI=1S/C13H12ClN.C6H6/c14-13-9-5-1-3-7-11(9)15-12-8-4-2-6-10(12)13;1-2-4-6-5-3-1/h1,3,5,7H,2,4,6,8H2;1-6H. The molecule has 1 nitrogen and oxygen atoms in total. The first kappa shape index (κ1) is 14.1. The zero-order valence-corrected chi connectivity index (χ0v) is 12.7. The molecule has 0 saturated carbocycles. The van der Waals surface area contributed by atoms with E-state index in [0.717, 1.165) is 28.8 Å². The molecule has 1 aliphatic rings. The largest absolute Gasteiger partial charge is 0.252 e. The maximum atomic E-state index is 6.42. The van der Waals surface area contributed by atoms with E-state index in [0.29, 0.717) is 0 Å². The average molecular weight is 296 g/mol. The van der Waals surface area contributed by atoms with Crippen molar-refractivity contribution in [3.63, 3.8) is 0 Å². The lowest BCUT2D eigenvalue weighted by atomic mass is 9.94. The van der Waals surface area contributed by atoms with Gasteiger partial charge in [0.15, 0.2) is 0 Å².